The van der Waals surface area contributed by atoms with E-state index in [0.717, 1.165) is 0 Å². The van der Waals surface area contributed by atoms with Crippen LogP contribution in [-0.2, 0) is 65.2 Å². The van der Waals surface area contributed by atoms with Gasteiger partial charge in [0, 0.05) is 76.1 Å². The quantitative estimate of drug-likeness (QED) is 0.523. The van der Waals surface area contributed by atoms with E-state index in [1.165, 1.54) is 0 Å². The molecule has 0 aliphatic heterocycles. The molecule has 4 heteroatoms. The van der Waals surface area contributed by atoms with Crippen LogP contribution in [0.3, 0.4) is 0 Å². The molecule has 0 spiro atoms. The van der Waals surface area contributed by atoms with Crippen LogP contribution in [0.25, 0.3) is 0 Å². The van der Waals surface area contributed by atoms with E-state index in [9.17, 15) is 0 Å². The van der Waals surface area contributed by atoms with Gasteiger partial charge in [-0.25, -0.2) is 0 Å². The van der Waals surface area contributed by atoms with E-state index in [2.05, 4.69) is 0 Å². The van der Waals surface area contributed by atoms with Gasteiger partial charge in [-0.05, 0) is 0 Å². The molecule has 0 aromatic heterocycles. The van der Waals surface area contributed by atoms with E-state index in [4.69, 9.17) is 0 Å². The van der Waals surface area contributed by atoms with Gasteiger partial charge in [-0.3, -0.25) is 0 Å². The molecule has 0 heterocycles. The van der Waals surface area contributed by atoms with Crippen LogP contribution in [0.1, 0.15) is 0 Å². The van der Waals surface area contributed by atoms with E-state index in [1.807, 2.05) is 0 Å². The molecular formula is MoNbSiTi. The van der Waals surface area contributed by atoms with Gasteiger partial charge >= 0.3 is 0 Å². The Bertz CT molecular complexity index is 8.00. The minimum Gasteiger partial charge on any atom is 0 e. The summed E-state index contributed by atoms with van der Waals surface area (Å²) in [5, 5.41) is 0. The molecule has 0 fully saturated rings. The van der Waals surface area contributed by atoms with Crippen molar-refractivity contribution in [3.05, 3.63) is 0 Å². The molecule has 0 saturated heterocycles. The molecule has 0 bridgehead atoms. The second-order valence-corrected chi connectivity index (χ2v) is 0. The first-order chi connectivity index (χ1) is 0. The third-order valence-corrected chi connectivity index (χ3v) is 0. The summed E-state index contributed by atoms with van der Waals surface area (Å²) in [7, 11) is 0. The Morgan fingerprint density at radius 1 is 1.00 bits per heavy atom. The summed E-state index contributed by atoms with van der Waals surface area (Å²) in [6.45, 7) is 0. The maximum absolute atomic E-state index is 0. The van der Waals surface area contributed by atoms with Crippen LogP contribution in [0.15, 0.2) is 0 Å². The van der Waals surface area contributed by atoms with Crippen molar-refractivity contribution in [2.24, 2.45) is 0 Å². The molecule has 0 aliphatic rings. The smallest absolute Gasteiger partial charge is 0 e. The monoisotopic (exact) mass is 267 g/mol. The van der Waals surface area contributed by atoms with Crippen molar-refractivity contribution in [1.29, 1.82) is 0 Å². The molecule has 0 aliphatic carbocycles. The zero-order valence-electron chi connectivity index (χ0n) is 1.86. The van der Waals surface area contributed by atoms with E-state index in [0.29, 0.717) is 0 Å². The van der Waals surface area contributed by atoms with Crippen molar-refractivity contribution in [3.8, 4) is 0 Å². The Kier molecular flexibility index (Phi) is 150. The van der Waals surface area contributed by atoms with Crippen LogP contribution in [0.4, 0.5) is 0 Å². The molecule has 0 saturated carbocycles. The third-order valence-electron chi connectivity index (χ3n) is 0. The average molecular weight is 265 g/mol. The first-order valence-electron chi connectivity index (χ1n) is 0. The summed E-state index contributed by atoms with van der Waals surface area (Å²) >= 11 is 0. The minimum absolute atomic E-state index is 0. The second-order valence-electron chi connectivity index (χ2n) is 0. The first kappa shape index (κ1) is 32.8. The number of hydrogen-bond donors (Lipinski definition) is 0. The van der Waals surface area contributed by atoms with Crippen LogP contribution in [0, 0.1) is 0 Å². The van der Waals surface area contributed by atoms with Crippen molar-refractivity contribution in [1.82, 2.24) is 0 Å². The van der Waals surface area contributed by atoms with Gasteiger partial charge < -0.3 is 0 Å². The summed E-state index contributed by atoms with van der Waals surface area (Å²) in [5.41, 5.74) is 0. The second kappa shape index (κ2) is 18.3. The van der Waals surface area contributed by atoms with Crippen molar-refractivity contribution >= 4 is 11.0 Å². The normalized spacial score (nSPS) is 0. The van der Waals surface area contributed by atoms with Crippen LogP contribution in [0.5, 0.6) is 0 Å². The zero-order chi connectivity index (χ0) is 0. The molecule has 0 rings (SSSR count). The first-order valence-corrected chi connectivity index (χ1v) is 0. The maximum atomic E-state index is 0. The summed E-state index contributed by atoms with van der Waals surface area (Å²) in [6, 6.07) is 0. The van der Waals surface area contributed by atoms with E-state index >= 15 is 0 Å². The van der Waals surface area contributed by atoms with Crippen molar-refractivity contribution in [2.75, 3.05) is 0 Å². The van der Waals surface area contributed by atoms with Gasteiger partial charge in [-0.2, -0.15) is 0 Å². The molecule has 0 aromatic carbocycles. The maximum Gasteiger partial charge on any atom is 0 e. The Labute approximate surface area is 75.2 Å². The topological polar surface area (TPSA) is 0 Å². The number of hydrogen-bond acceptors (Lipinski definition) is 0. The van der Waals surface area contributed by atoms with E-state index in [1.54, 1.807) is 0 Å². The Hall–Kier alpha value is 2.36. The Morgan fingerprint density at radius 3 is 1.00 bits per heavy atom. The number of rotatable bonds is 0. The molecule has 0 nitrogen and oxygen atoms in total. The molecule has 0 N–H and O–H groups in total. The fourth-order valence-electron chi connectivity index (χ4n) is 0. The molecule has 4 heavy (non-hydrogen) atoms. The van der Waals surface area contributed by atoms with Crippen LogP contribution >= 0.6 is 0 Å². The molecule has 0 unspecified atom stereocenters. The van der Waals surface area contributed by atoms with Crippen LogP contribution < -0.4 is 0 Å². The van der Waals surface area contributed by atoms with Gasteiger partial charge in [0.05, 0.1) is 0 Å². The van der Waals surface area contributed by atoms with Crippen LogP contribution in [0.2, 0.25) is 0 Å². The molecular weight excluding hydrogens is 265 g/mol. The van der Waals surface area contributed by atoms with Gasteiger partial charge in [0.15, 0.2) is 0 Å². The van der Waals surface area contributed by atoms with Gasteiger partial charge in [-0.15, -0.1) is 0 Å². The Balaban J connectivity index is 0. The van der Waals surface area contributed by atoms with Gasteiger partial charge in [0.1, 0.15) is 0 Å². The zero-order valence-corrected chi connectivity index (χ0v) is 8.62. The van der Waals surface area contributed by atoms with Crippen molar-refractivity contribution in [3.63, 3.8) is 0 Å². The molecule has 0 atom stereocenters. The van der Waals surface area contributed by atoms with Crippen LogP contribution in [-0.4, -0.2) is 11.0 Å². The predicted molar refractivity (Wildman–Crippen MR) is 5.75 cm³/mol. The van der Waals surface area contributed by atoms with Gasteiger partial charge in [-0.1, -0.05) is 0 Å². The van der Waals surface area contributed by atoms with E-state index in [-0.39, 0.29) is 76.1 Å². The minimum atomic E-state index is 0. The fraction of sp³-hybridized carbons (Fsp3) is 0. The standard InChI is InChI=1S/Mo.Nb.Si.Ti. The molecule has 0 aromatic rings. The summed E-state index contributed by atoms with van der Waals surface area (Å²) in [6.07, 6.45) is 0. The molecule has 0 amide bonds. The summed E-state index contributed by atoms with van der Waals surface area (Å²) in [5.74, 6) is 0. The van der Waals surface area contributed by atoms with Crippen molar-refractivity contribution < 1.29 is 65.2 Å². The van der Waals surface area contributed by atoms with Gasteiger partial charge in [0.2, 0.25) is 0 Å². The fourth-order valence-corrected chi connectivity index (χ4v) is 0. The molecule has 5 radical (unpaired) electrons. The predicted octanol–water partition coefficient (Wildman–Crippen LogP) is -0.388. The van der Waals surface area contributed by atoms with E-state index < -0.39 is 0 Å². The van der Waals surface area contributed by atoms with Crippen molar-refractivity contribution in [2.45, 2.75) is 0 Å². The average Bonchev–Trinajstić information content (AvgIpc) is 0. The Morgan fingerprint density at radius 2 is 1.00 bits per heavy atom. The SMILES string of the molecule is [Mo].[Nb].[Si].[Ti]. The molecule has 19 valence electrons. The largest absolute Gasteiger partial charge is 0 e. The summed E-state index contributed by atoms with van der Waals surface area (Å²) < 4.78 is 0. The third kappa shape index (κ3) is 8.84. The summed E-state index contributed by atoms with van der Waals surface area (Å²) in [4.78, 5) is 0. The van der Waals surface area contributed by atoms with Gasteiger partial charge in [0.25, 0.3) is 0 Å².